The van der Waals surface area contributed by atoms with Gasteiger partial charge >= 0.3 is 5.97 Å². The van der Waals surface area contributed by atoms with Crippen molar-refractivity contribution >= 4 is 34.7 Å². The average Bonchev–Trinajstić information content (AvgIpc) is 2.86. The summed E-state index contributed by atoms with van der Waals surface area (Å²) < 4.78 is 19.1. The molecule has 1 aliphatic heterocycles. The van der Waals surface area contributed by atoms with E-state index in [-0.39, 0.29) is 16.7 Å². The van der Waals surface area contributed by atoms with Crippen molar-refractivity contribution in [2.24, 2.45) is 11.8 Å². The number of fused-ring (bicyclic) bond motifs is 1. The van der Waals surface area contributed by atoms with E-state index in [1.165, 1.54) is 19.2 Å². The van der Waals surface area contributed by atoms with Crippen LogP contribution in [0.15, 0.2) is 53.7 Å². The van der Waals surface area contributed by atoms with E-state index < -0.39 is 23.7 Å². The van der Waals surface area contributed by atoms with Crippen molar-refractivity contribution in [3.63, 3.8) is 0 Å². The summed E-state index contributed by atoms with van der Waals surface area (Å²) in [5, 5.41) is 6.70. The number of halogens is 2. The molecule has 150 valence electrons. The minimum Gasteiger partial charge on any atom is -0.468 e. The number of Topliss-reactive ketones (excluding diaryl/α,β-unsaturated/α-hetero) is 1. The van der Waals surface area contributed by atoms with Crippen LogP contribution in [-0.4, -0.2) is 18.9 Å². The molecule has 29 heavy (non-hydrogen) atoms. The lowest BCUT2D eigenvalue weighted by molar-refractivity contribution is -0.151. The molecule has 2 aliphatic rings. The van der Waals surface area contributed by atoms with Gasteiger partial charge in [0.1, 0.15) is 11.7 Å². The number of esters is 1. The van der Waals surface area contributed by atoms with Crippen molar-refractivity contribution in [2.75, 3.05) is 17.7 Å². The summed E-state index contributed by atoms with van der Waals surface area (Å²) in [6.07, 6.45) is 0.490. The van der Waals surface area contributed by atoms with Crippen LogP contribution in [0.1, 0.15) is 24.9 Å². The van der Waals surface area contributed by atoms with Crippen LogP contribution in [0.25, 0.3) is 0 Å². The summed E-state index contributed by atoms with van der Waals surface area (Å²) in [6.45, 7) is 1.85. The second-order valence-corrected chi connectivity index (χ2v) is 7.77. The monoisotopic (exact) mass is 414 g/mol. The highest BCUT2D eigenvalue weighted by atomic mass is 35.5. The Kier molecular flexibility index (Phi) is 5.04. The highest BCUT2D eigenvalue weighted by Crippen LogP contribution is 2.44. The molecule has 0 saturated carbocycles. The molecule has 1 aliphatic carbocycles. The van der Waals surface area contributed by atoms with E-state index in [9.17, 15) is 14.0 Å². The van der Waals surface area contributed by atoms with Crippen LogP contribution in [0.3, 0.4) is 0 Å². The Morgan fingerprint density at radius 2 is 1.93 bits per heavy atom. The molecule has 0 amide bonds. The third-order valence-electron chi connectivity index (χ3n) is 5.50. The van der Waals surface area contributed by atoms with E-state index in [0.717, 1.165) is 17.1 Å². The first-order chi connectivity index (χ1) is 13.9. The van der Waals surface area contributed by atoms with Crippen LogP contribution in [0.4, 0.5) is 15.8 Å². The van der Waals surface area contributed by atoms with Gasteiger partial charge in [-0.15, -0.1) is 0 Å². The lowest BCUT2D eigenvalue weighted by atomic mass is 9.75. The number of anilines is 2. The SMILES string of the molecule is COC(=O)[C@@H]1C(=O)C2=C(C[C@H]1C)Nc1ccccc1N[C@H]2c1ccc(Cl)c(F)c1. The molecule has 1 heterocycles. The number of carbonyl (C=O) groups is 2. The zero-order chi connectivity index (χ0) is 20.7. The quantitative estimate of drug-likeness (QED) is 0.550. The molecular weight excluding hydrogens is 395 g/mol. The highest BCUT2D eigenvalue weighted by molar-refractivity contribution is 6.30. The molecule has 0 saturated heterocycles. The first-order valence-corrected chi connectivity index (χ1v) is 9.71. The Morgan fingerprint density at radius 1 is 1.21 bits per heavy atom. The molecule has 0 bridgehead atoms. The van der Waals surface area contributed by atoms with Crippen molar-refractivity contribution < 1.29 is 18.7 Å². The van der Waals surface area contributed by atoms with Gasteiger partial charge in [0.15, 0.2) is 5.78 Å². The first-order valence-electron chi connectivity index (χ1n) is 9.33. The average molecular weight is 415 g/mol. The maximum Gasteiger partial charge on any atom is 0.316 e. The van der Waals surface area contributed by atoms with E-state index >= 15 is 0 Å². The summed E-state index contributed by atoms with van der Waals surface area (Å²) in [4.78, 5) is 25.8. The summed E-state index contributed by atoms with van der Waals surface area (Å²) >= 11 is 5.85. The van der Waals surface area contributed by atoms with E-state index in [1.807, 2.05) is 31.2 Å². The Hall–Kier alpha value is -2.86. The molecule has 0 unspecified atom stereocenters. The summed E-state index contributed by atoms with van der Waals surface area (Å²) in [7, 11) is 1.28. The lowest BCUT2D eigenvalue weighted by Crippen LogP contribution is -2.39. The van der Waals surface area contributed by atoms with Crippen molar-refractivity contribution in [3.8, 4) is 0 Å². The zero-order valence-electron chi connectivity index (χ0n) is 16.0. The maximum atomic E-state index is 14.2. The molecule has 0 radical (unpaired) electrons. The fourth-order valence-electron chi connectivity index (χ4n) is 4.08. The van der Waals surface area contributed by atoms with Crippen molar-refractivity contribution in [1.29, 1.82) is 0 Å². The van der Waals surface area contributed by atoms with Crippen molar-refractivity contribution in [2.45, 2.75) is 19.4 Å². The molecular formula is C22H20ClFN2O3. The molecule has 0 fully saturated rings. The Labute approximate surface area is 172 Å². The molecule has 2 aromatic rings. The lowest BCUT2D eigenvalue weighted by Gasteiger charge is -2.32. The number of allylic oxidation sites excluding steroid dienone is 1. The molecule has 7 heteroatoms. The predicted molar refractivity (Wildman–Crippen MR) is 109 cm³/mol. The normalized spacial score (nSPS) is 23.3. The summed E-state index contributed by atoms with van der Waals surface area (Å²) in [6, 6.07) is 11.4. The molecule has 2 aromatic carbocycles. The molecule has 3 atom stereocenters. The molecule has 0 aromatic heterocycles. The van der Waals surface area contributed by atoms with Gasteiger partial charge in [0, 0.05) is 11.3 Å². The maximum absolute atomic E-state index is 14.2. The Balaban J connectivity index is 1.89. The number of ketones is 1. The van der Waals surface area contributed by atoms with Gasteiger partial charge in [-0.3, -0.25) is 9.59 Å². The van der Waals surface area contributed by atoms with Crippen LogP contribution in [0.2, 0.25) is 5.02 Å². The number of hydrogen-bond donors (Lipinski definition) is 2. The van der Waals surface area contributed by atoms with Crippen molar-refractivity contribution in [1.82, 2.24) is 0 Å². The highest BCUT2D eigenvalue weighted by Gasteiger charge is 2.44. The number of ether oxygens (including phenoxy) is 1. The number of nitrogens with one attached hydrogen (secondary N) is 2. The number of para-hydroxylation sites is 2. The fraction of sp³-hybridized carbons (Fsp3) is 0.273. The second kappa shape index (κ2) is 7.52. The van der Waals surface area contributed by atoms with Crippen LogP contribution in [0, 0.1) is 17.7 Å². The van der Waals surface area contributed by atoms with Crippen molar-refractivity contribution in [3.05, 3.63) is 70.1 Å². The smallest absolute Gasteiger partial charge is 0.316 e. The van der Waals surface area contributed by atoms with Gasteiger partial charge in [0.25, 0.3) is 0 Å². The summed E-state index contributed by atoms with van der Waals surface area (Å²) in [5.74, 6) is -2.58. The van der Waals surface area contributed by atoms with Gasteiger partial charge in [-0.25, -0.2) is 4.39 Å². The third-order valence-corrected chi connectivity index (χ3v) is 5.81. The van der Waals surface area contributed by atoms with E-state index in [4.69, 9.17) is 16.3 Å². The van der Waals surface area contributed by atoms with Gasteiger partial charge in [0.05, 0.1) is 29.5 Å². The Bertz CT molecular complexity index is 1040. The van der Waals surface area contributed by atoms with Gasteiger partial charge < -0.3 is 15.4 Å². The number of rotatable bonds is 2. The fourth-order valence-corrected chi connectivity index (χ4v) is 4.19. The molecule has 4 rings (SSSR count). The van der Waals surface area contributed by atoms with Gasteiger partial charge in [-0.05, 0) is 42.2 Å². The molecule has 2 N–H and O–H groups in total. The van der Waals surface area contributed by atoms with Gasteiger partial charge in [-0.2, -0.15) is 0 Å². The number of carbonyl (C=O) groups excluding carboxylic acids is 2. The van der Waals surface area contributed by atoms with Crippen LogP contribution in [-0.2, 0) is 14.3 Å². The first kappa shape index (κ1) is 19.5. The van der Waals surface area contributed by atoms with E-state index in [0.29, 0.717) is 17.6 Å². The minimum absolute atomic E-state index is 0.00568. The van der Waals surface area contributed by atoms with Gasteiger partial charge in [0.2, 0.25) is 0 Å². The predicted octanol–water partition coefficient (Wildman–Crippen LogP) is 4.71. The molecule has 5 nitrogen and oxygen atoms in total. The molecule has 0 spiro atoms. The third kappa shape index (κ3) is 3.38. The van der Waals surface area contributed by atoms with Crippen LogP contribution in [0.5, 0.6) is 0 Å². The summed E-state index contributed by atoms with van der Waals surface area (Å²) in [5.41, 5.74) is 3.27. The second-order valence-electron chi connectivity index (χ2n) is 7.36. The standard InChI is InChI=1S/C22H20ClFN2O3/c1-11-9-17-19(21(27)18(11)22(28)29-2)20(12-7-8-13(23)14(24)10-12)26-16-6-4-3-5-15(16)25-17/h3-8,10-11,18,20,25-26H,9H2,1-2H3/t11-,18+,20+/m1/s1. The van der Waals surface area contributed by atoms with Gasteiger partial charge in [-0.1, -0.05) is 36.7 Å². The minimum atomic E-state index is -0.900. The Morgan fingerprint density at radius 3 is 2.62 bits per heavy atom. The number of benzene rings is 2. The zero-order valence-corrected chi connectivity index (χ0v) is 16.7. The topological polar surface area (TPSA) is 67.4 Å². The largest absolute Gasteiger partial charge is 0.468 e. The van der Waals surface area contributed by atoms with Crippen LogP contribution < -0.4 is 10.6 Å². The number of hydrogen-bond acceptors (Lipinski definition) is 5. The van der Waals surface area contributed by atoms with E-state index in [2.05, 4.69) is 10.6 Å². The van der Waals surface area contributed by atoms with Crippen LogP contribution >= 0.6 is 11.6 Å². The van der Waals surface area contributed by atoms with E-state index in [1.54, 1.807) is 6.07 Å². The number of methoxy groups -OCH3 is 1.